The first kappa shape index (κ1) is 14.8. The third-order valence-corrected chi connectivity index (χ3v) is 5.08. The zero-order valence-electron chi connectivity index (χ0n) is 12.4. The highest BCUT2D eigenvalue weighted by molar-refractivity contribution is 7.90. The Labute approximate surface area is 128 Å². The maximum Gasteiger partial charge on any atom is 0.285 e. The summed E-state index contributed by atoms with van der Waals surface area (Å²) < 4.78 is 29.5. The van der Waals surface area contributed by atoms with Crippen molar-refractivity contribution in [2.24, 2.45) is 14.1 Å². The lowest BCUT2D eigenvalue weighted by molar-refractivity contribution is 0.0975. The molecule has 0 spiro atoms. The molecule has 3 rings (SSSR count). The van der Waals surface area contributed by atoms with Crippen molar-refractivity contribution in [2.75, 3.05) is 0 Å². The predicted molar refractivity (Wildman–Crippen MR) is 77.7 cm³/mol. The Balaban J connectivity index is 1.89. The number of nitrogens with zero attached hydrogens (tertiary/aromatic N) is 4. The van der Waals surface area contributed by atoms with Gasteiger partial charge in [-0.3, -0.25) is 14.2 Å². The molecule has 1 aliphatic rings. The maximum atomic E-state index is 12.3. The van der Waals surface area contributed by atoms with E-state index in [9.17, 15) is 13.2 Å². The zero-order valence-corrected chi connectivity index (χ0v) is 13.2. The van der Waals surface area contributed by atoms with E-state index >= 15 is 0 Å². The minimum Gasteiger partial charge on any atom is -0.274 e. The second kappa shape index (κ2) is 5.24. The molecule has 8 nitrogen and oxygen atoms in total. The molecule has 1 aliphatic carbocycles. The number of rotatable bonds is 3. The topological polar surface area (TPSA) is 98.9 Å². The average Bonchev–Trinajstić information content (AvgIpc) is 3.04. The third kappa shape index (κ3) is 2.52. The summed E-state index contributed by atoms with van der Waals surface area (Å²) in [5.74, 6) is -0.692. The molecule has 0 unspecified atom stereocenters. The van der Waals surface area contributed by atoms with Crippen LogP contribution in [0.4, 0.5) is 0 Å². The molecule has 0 radical (unpaired) electrons. The molecule has 0 saturated heterocycles. The number of carbonyl (C=O) groups is 1. The molecular weight excluding hydrogens is 306 g/mol. The first-order chi connectivity index (χ1) is 10.4. The van der Waals surface area contributed by atoms with E-state index in [2.05, 4.69) is 14.9 Å². The van der Waals surface area contributed by atoms with Crippen molar-refractivity contribution in [1.29, 1.82) is 0 Å². The first-order valence-corrected chi connectivity index (χ1v) is 8.47. The predicted octanol–water partition coefficient (Wildman–Crippen LogP) is 0.151. The summed E-state index contributed by atoms with van der Waals surface area (Å²) in [5.41, 5.74) is 2.06. The molecule has 0 aromatic carbocycles. The van der Waals surface area contributed by atoms with E-state index in [1.165, 1.54) is 17.1 Å². The fraction of sp³-hybridized carbons (Fsp3) is 0.462. The normalized spacial score (nSPS) is 14.6. The van der Waals surface area contributed by atoms with Crippen molar-refractivity contribution in [1.82, 2.24) is 24.3 Å². The molecule has 0 bridgehead atoms. The zero-order chi connectivity index (χ0) is 15.9. The quantitative estimate of drug-likeness (QED) is 0.867. The monoisotopic (exact) mass is 323 g/mol. The molecule has 2 aromatic heterocycles. The van der Waals surface area contributed by atoms with E-state index in [0.717, 1.165) is 36.9 Å². The number of aromatic nitrogens is 4. The van der Waals surface area contributed by atoms with Crippen molar-refractivity contribution in [3.05, 3.63) is 29.3 Å². The summed E-state index contributed by atoms with van der Waals surface area (Å²) in [5, 5.41) is 8.00. The van der Waals surface area contributed by atoms with Crippen molar-refractivity contribution in [3.8, 4) is 0 Å². The van der Waals surface area contributed by atoms with Gasteiger partial charge in [-0.05, 0) is 25.7 Å². The highest BCUT2D eigenvalue weighted by Crippen LogP contribution is 2.24. The van der Waals surface area contributed by atoms with Gasteiger partial charge in [-0.25, -0.2) is 13.1 Å². The van der Waals surface area contributed by atoms with Gasteiger partial charge in [-0.2, -0.15) is 10.2 Å². The van der Waals surface area contributed by atoms with Crippen LogP contribution in [0.15, 0.2) is 17.3 Å². The summed E-state index contributed by atoms with van der Waals surface area (Å²) >= 11 is 0. The molecule has 0 fully saturated rings. The summed E-state index contributed by atoms with van der Waals surface area (Å²) in [6.45, 7) is 0. The average molecular weight is 323 g/mol. The van der Waals surface area contributed by atoms with E-state index in [1.807, 2.05) is 0 Å². The second-order valence-electron chi connectivity index (χ2n) is 5.39. The Morgan fingerprint density at radius 1 is 1.27 bits per heavy atom. The first-order valence-electron chi connectivity index (χ1n) is 6.99. The van der Waals surface area contributed by atoms with Crippen LogP contribution in [0.1, 0.15) is 34.6 Å². The van der Waals surface area contributed by atoms with Crippen molar-refractivity contribution in [2.45, 2.75) is 30.6 Å². The molecule has 2 aromatic rings. The lowest BCUT2D eigenvalue weighted by atomic mass is 9.95. The second-order valence-corrected chi connectivity index (χ2v) is 7.07. The highest BCUT2D eigenvalue weighted by atomic mass is 32.2. The molecule has 9 heteroatoms. The number of fused-ring (bicyclic) bond motifs is 1. The van der Waals surface area contributed by atoms with Gasteiger partial charge in [0.25, 0.3) is 15.9 Å². The molecular formula is C13H17N5O3S. The molecule has 22 heavy (non-hydrogen) atoms. The van der Waals surface area contributed by atoms with Gasteiger partial charge in [0, 0.05) is 31.5 Å². The van der Waals surface area contributed by atoms with Gasteiger partial charge in [-0.15, -0.1) is 0 Å². The van der Waals surface area contributed by atoms with Crippen LogP contribution in [0.25, 0.3) is 0 Å². The highest BCUT2D eigenvalue weighted by Gasteiger charge is 2.27. The van der Waals surface area contributed by atoms with Gasteiger partial charge >= 0.3 is 0 Å². The minimum atomic E-state index is -3.94. The van der Waals surface area contributed by atoms with E-state index < -0.39 is 15.9 Å². The van der Waals surface area contributed by atoms with Crippen LogP contribution in [0.5, 0.6) is 0 Å². The van der Waals surface area contributed by atoms with Gasteiger partial charge in [-0.1, -0.05) is 0 Å². The third-order valence-electron chi connectivity index (χ3n) is 3.80. The summed E-state index contributed by atoms with van der Waals surface area (Å²) in [7, 11) is -0.555. The molecule has 2 heterocycles. The Kier molecular flexibility index (Phi) is 3.51. The summed E-state index contributed by atoms with van der Waals surface area (Å²) in [6, 6.07) is 0. The Morgan fingerprint density at radius 3 is 2.68 bits per heavy atom. The SMILES string of the molecule is Cn1cc(S(=O)(=O)NC(=O)c2nn(C)c3c2CCCC3)cn1. The number of hydrogen-bond donors (Lipinski definition) is 1. The van der Waals surface area contributed by atoms with Gasteiger partial charge in [0.1, 0.15) is 4.90 Å². The van der Waals surface area contributed by atoms with Crippen LogP contribution in [0.2, 0.25) is 0 Å². The van der Waals surface area contributed by atoms with Crippen molar-refractivity contribution in [3.63, 3.8) is 0 Å². The molecule has 0 aliphatic heterocycles. The number of carbonyl (C=O) groups excluding carboxylic acids is 1. The number of hydrogen-bond acceptors (Lipinski definition) is 5. The van der Waals surface area contributed by atoms with Crippen molar-refractivity contribution >= 4 is 15.9 Å². The van der Waals surface area contributed by atoms with E-state index in [0.29, 0.717) is 0 Å². The Morgan fingerprint density at radius 2 is 2.00 bits per heavy atom. The van der Waals surface area contributed by atoms with Crippen LogP contribution in [0, 0.1) is 0 Å². The van der Waals surface area contributed by atoms with E-state index in [1.54, 1.807) is 18.8 Å². The van der Waals surface area contributed by atoms with E-state index in [4.69, 9.17) is 0 Å². The largest absolute Gasteiger partial charge is 0.285 e. The van der Waals surface area contributed by atoms with Crippen LogP contribution in [-0.4, -0.2) is 33.9 Å². The number of nitrogens with one attached hydrogen (secondary N) is 1. The fourth-order valence-corrected chi connectivity index (χ4v) is 3.66. The lowest BCUT2D eigenvalue weighted by Crippen LogP contribution is -2.31. The maximum absolute atomic E-state index is 12.3. The molecule has 1 N–H and O–H groups in total. The van der Waals surface area contributed by atoms with E-state index in [-0.39, 0.29) is 10.6 Å². The van der Waals surface area contributed by atoms with Gasteiger partial charge in [0.05, 0.1) is 6.20 Å². The number of sulfonamides is 1. The molecule has 1 amide bonds. The summed E-state index contributed by atoms with van der Waals surface area (Å²) in [4.78, 5) is 12.3. The van der Waals surface area contributed by atoms with Gasteiger partial charge in [0.15, 0.2) is 5.69 Å². The van der Waals surface area contributed by atoms with Crippen LogP contribution in [-0.2, 0) is 37.0 Å². The van der Waals surface area contributed by atoms with Gasteiger partial charge < -0.3 is 0 Å². The number of aryl methyl sites for hydroxylation is 2. The Bertz CT molecular complexity index is 834. The standard InChI is InChI=1S/C13H17N5O3S/c1-17-8-9(7-14-17)22(20,21)16-13(19)12-10-5-3-4-6-11(10)18(2)15-12/h7-8H,3-6H2,1-2H3,(H,16,19). The van der Waals surface area contributed by atoms with Crippen LogP contribution in [0.3, 0.4) is 0 Å². The van der Waals surface area contributed by atoms with Gasteiger partial charge in [0.2, 0.25) is 0 Å². The Hall–Kier alpha value is -2.16. The van der Waals surface area contributed by atoms with Crippen molar-refractivity contribution < 1.29 is 13.2 Å². The smallest absolute Gasteiger partial charge is 0.274 e. The minimum absolute atomic E-state index is 0.0480. The fourth-order valence-electron chi connectivity index (χ4n) is 2.72. The lowest BCUT2D eigenvalue weighted by Gasteiger charge is -2.12. The molecule has 118 valence electrons. The van der Waals surface area contributed by atoms with Crippen LogP contribution < -0.4 is 4.72 Å². The summed E-state index contributed by atoms with van der Waals surface area (Å²) in [6.07, 6.45) is 6.18. The number of amides is 1. The molecule has 0 atom stereocenters. The van der Waals surface area contributed by atoms with Crippen LogP contribution >= 0.6 is 0 Å². The molecule has 0 saturated carbocycles.